The number of amides is 1. The standard InChI is InChI=1S/C22H27F2N5O9/c1-20(2,3)37-17(31)27-12-7-9-29(16(30)26-12)15-22(23,24)13(34-19(33)38-21(4,5)6)14(35-15)36-18(32)28-10-8-25-11-28/h7-11,13-15H,1-6H3,(H,26,27,30,31)/t13?,14-,15-/m1/s1. The fourth-order valence-electron chi connectivity index (χ4n) is 3.06. The number of nitrogens with zero attached hydrogens (tertiary/aromatic N) is 4. The molecule has 1 fully saturated rings. The molecule has 208 valence electrons. The number of halogens is 2. The van der Waals surface area contributed by atoms with Gasteiger partial charge in [0, 0.05) is 18.6 Å². The number of hydrogen-bond donors (Lipinski definition) is 1. The number of nitrogens with one attached hydrogen (secondary N) is 1. The Bertz CT molecular complexity index is 1240. The number of alkyl halides is 2. The number of rotatable bonds is 4. The number of carbonyl (C=O) groups excluding carboxylic acids is 3. The fraction of sp³-hybridized carbons (Fsp3) is 0.545. The molecule has 0 radical (unpaired) electrons. The highest BCUT2D eigenvalue weighted by Gasteiger charge is 2.64. The zero-order chi connectivity index (χ0) is 28.5. The average molecular weight is 543 g/mol. The highest BCUT2D eigenvalue weighted by atomic mass is 19.3. The van der Waals surface area contributed by atoms with Crippen molar-refractivity contribution >= 4 is 24.2 Å². The van der Waals surface area contributed by atoms with Gasteiger partial charge in [-0.3, -0.25) is 9.88 Å². The molecule has 1 aliphatic rings. The SMILES string of the molecule is CC(C)(C)OC(=O)Nc1ccn([C@@H]2O[C@H](OC(=O)n3ccnc3)C(OC(=O)OC(C)(C)C)C2(F)F)c(=O)n1. The van der Waals surface area contributed by atoms with Crippen molar-refractivity contribution in [1.82, 2.24) is 19.1 Å². The molecule has 2 aromatic rings. The molecule has 2 aromatic heterocycles. The molecule has 1 unspecified atom stereocenters. The van der Waals surface area contributed by atoms with E-state index in [1.54, 1.807) is 20.8 Å². The van der Waals surface area contributed by atoms with Crippen molar-refractivity contribution in [2.45, 2.75) is 77.3 Å². The molecule has 0 aliphatic carbocycles. The van der Waals surface area contributed by atoms with E-state index in [9.17, 15) is 19.2 Å². The molecule has 3 heterocycles. The maximum Gasteiger partial charge on any atom is 0.509 e. The minimum atomic E-state index is -4.12. The van der Waals surface area contributed by atoms with Crippen LogP contribution in [0.1, 0.15) is 47.8 Å². The van der Waals surface area contributed by atoms with Gasteiger partial charge in [-0.05, 0) is 47.6 Å². The van der Waals surface area contributed by atoms with Gasteiger partial charge in [0.25, 0.3) is 6.29 Å². The van der Waals surface area contributed by atoms with Crippen molar-refractivity contribution < 1.29 is 46.8 Å². The van der Waals surface area contributed by atoms with E-state index in [1.165, 1.54) is 33.2 Å². The molecule has 0 bridgehead atoms. The van der Waals surface area contributed by atoms with E-state index in [0.717, 1.165) is 23.2 Å². The van der Waals surface area contributed by atoms with Crippen LogP contribution in [0.5, 0.6) is 0 Å². The molecular formula is C22H27F2N5O9. The van der Waals surface area contributed by atoms with Crippen molar-refractivity contribution in [2.24, 2.45) is 0 Å². The molecule has 0 spiro atoms. The highest BCUT2D eigenvalue weighted by molar-refractivity contribution is 5.83. The zero-order valence-corrected chi connectivity index (χ0v) is 21.3. The van der Waals surface area contributed by atoms with Crippen LogP contribution in [0.25, 0.3) is 0 Å². The predicted octanol–water partition coefficient (Wildman–Crippen LogP) is 3.28. The molecule has 0 aromatic carbocycles. The first-order valence-corrected chi connectivity index (χ1v) is 11.2. The summed E-state index contributed by atoms with van der Waals surface area (Å²) >= 11 is 0. The molecule has 1 N–H and O–H groups in total. The van der Waals surface area contributed by atoms with E-state index in [2.05, 4.69) is 15.3 Å². The van der Waals surface area contributed by atoms with E-state index in [1.807, 2.05) is 0 Å². The van der Waals surface area contributed by atoms with E-state index >= 15 is 8.78 Å². The summed E-state index contributed by atoms with van der Waals surface area (Å²) in [6, 6.07) is 1.04. The monoisotopic (exact) mass is 543 g/mol. The smallest absolute Gasteiger partial charge is 0.444 e. The number of aromatic nitrogens is 4. The summed E-state index contributed by atoms with van der Waals surface area (Å²) in [6.45, 7) is 9.29. The Balaban J connectivity index is 1.88. The molecule has 14 nitrogen and oxygen atoms in total. The van der Waals surface area contributed by atoms with E-state index in [-0.39, 0.29) is 5.82 Å². The predicted molar refractivity (Wildman–Crippen MR) is 122 cm³/mol. The van der Waals surface area contributed by atoms with Crippen LogP contribution in [-0.4, -0.2) is 67.0 Å². The number of carbonyl (C=O) groups is 3. The Morgan fingerprint density at radius 3 is 2.26 bits per heavy atom. The van der Waals surface area contributed by atoms with Crippen molar-refractivity contribution in [3.8, 4) is 0 Å². The molecule has 1 aliphatic heterocycles. The molecule has 38 heavy (non-hydrogen) atoms. The van der Waals surface area contributed by atoms with Gasteiger partial charge in [0.2, 0.25) is 12.3 Å². The quantitative estimate of drug-likeness (QED) is 0.445. The van der Waals surface area contributed by atoms with Gasteiger partial charge in [-0.2, -0.15) is 13.8 Å². The summed E-state index contributed by atoms with van der Waals surface area (Å²) in [7, 11) is 0. The summed E-state index contributed by atoms with van der Waals surface area (Å²) in [6.07, 6.45) is -6.37. The van der Waals surface area contributed by atoms with Crippen molar-refractivity contribution in [3.63, 3.8) is 0 Å². The lowest BCUT2D eigenvalue weighted by atomic mass is 10.2. The highest BCUT2D eigenvalue weighted by Crippen LogP contribution is 2.44. The molecule has 16 heteroatoms. The zero-order valence-electron chi connectivity index (χ0n) is 21.3. The lowest BCUT2D eigenvalue weighted by Crippen LogP contribution is -2.45. The first kappa shape index (κ1) is 28.5. The Labute approximate surface area is 214 Å². The van der Waals surface area contributed by atoms with Gasteiger partial charge in [-0.15, -0.1) is 0 Å². The van der Waals surface area contributed by atoms with E-state index in [0.29, 0.717) is 4.57 Å². The second-order valence-electron chi connectivity index (χ2n) is 10.0. The molecule has 1 saturated heterocycles. The number of imidazole rings is 1. The van der Waals surface area contributed by atoms with Gasteiger partial charge in [0.15, 0.2) is 0 Å². The Hall–Kier alpha value is -4.08. The van der Waals surface area contributed by atoms with Crippen LogP contribution in [-0.2, 0) is 23.7 Å². The minimum absolute atomic E-state index is 0.286. The van der Waals surface area contributed by atoms with Gasteiger partial charge in [0.05, 0.1) is 0 Å². The summed E-state index contributed by atoms with van der Waals surface area (Å²) in [5, 5.41) is 2.21. The first-order valence-electron chi connectivity index (χ1n) is 11.2. The van der Waals surface area contributed by atoms with E-state index in [4.69, 9.17) is 23.7 Å². The van der Waals surface area contributed by atoms with Gasteiger partial charge in [-0.1, -0.05) is 0 Å². The van der Waals surface area contributed by atoms with Crippen LogP contribution in [0, 0.1) is 0 Å². The largest absolute Gasteiger partial charge is 0.509 e. The fourth-order valence-corrected chi connectivity index (χ4v) is 3.06. The number of anilines is 1. The maximum absolute atomic E-state index is 15.5. The summed E-state index contributed by atoms with van der Waals surface area (Å²) in [5.74, 6) is -4.41. The Morgan fingerprint density at radius 2 is 1.71 bits per heavy atom. The molecule has 3 rings (SSSR count). The summed E-state index contributed by atoms with van der Waals surface area (Å²) < 4.78 is 57.2. The van der Waals surface area contributed by atoms with Crippen LogP contribution in [0.2, 0.25) is 0 Å². The van der Waals surface area contributed by atoms with Crippen molar-refractivity contribution in [1.29, 1.82) is 0 Å². The van der Waals surface area contributed by atoms with Gasteiger partial charge < -0.3 is 23.7 Å². The van der Waals surface area contributed by atoms with Crippen LogP contribution in [0.4, 0.5) is 29.0 Å². The average Bonchev–Trinajstić information content (AvgIpc) is 3.34. The maximum atomic E-state index is 15.5. The van der Waals surface area contributed by atoms with Crippen LogP contribution >= 0.6 is 0 Å². The Morgan fingerprint density at radius 1 is 1.05 bits per heavy atom. The van der Waals surface area contributed by atoms with Gasteiger partial charge >= 0.3 is 30.0 Å². The topological polar surface area (TPSA) is 162 Å². The first-order chi connectivity index (χ1) is 17.5. The second-order valence-corrected chi connectivity index (χ2v) is 10.0. The van der Waals surface area contributed by atoms with Crippen LogP contribution < -0.4 is 11.0 Å². The summed E-state index contributed by atoms with van der Waals surface area (Å²) in [4.78, 5) is 56.3. The second kappa shape index (κ2) is 10.4. The third-order valence-corrected chi connectivity index (χ3v) is 4.48. The van der Waals surface area contributed by atoms with Crippen LogP contribution in [0.15, 0.2) is 35.8 Å². The third-order valence-electron chi connectivity index (χ3n) is 4.48. The molecular weight excluding hydrogens is 516 g/mol. The third kappa shape index (κ3) is 7.02. The minimum Gasteiger partial charge on any atom is -0.444 e. The lowest BCUT2D eigenvalue weighted by Gasteiger charge is -2.25. The number of ether oxygens (including phenoxy) is 5. The molecule has 3 atom stereocenters. The molecule has 1 amide bonds. The lowest BCUT2D eigenvalue weighted by molar-refractivity contribution is -0.151. The Kier molecular flexibility index (Phi) is 7.76. The van der Waals surface area contributed by atoms with Crippen LogP contribution in [0.3, 0.4) is 0 Å². The summed E-state index contributed by atoms with van der Waals surface area (Å²) in [5.41, 5.74) is -3.20. The molecule has 0 saturated carbocycles. The van der Waals surface area contributed by atoms with E-state index < -0.39 is 59.8 Å². The van der Waals surface area contributed by atoms with Crippen molar-refractivity contribution in [3.05, 3.63) is 41.5 Å². The van der Waals surface area contributed by atoms with Gasteiger partial charge in [-0.25, -0.2) is 28.7 Å². The normalized spacial score (nSPS) is 20.9. The number of hydrogen-bond acceptors (Lipinski definition) is 11. The van der Waals surface area contributed by atoms with Gasteiger partial charge in [0.1, 0.15) is 23.3 Å². The van der Waals surface area contributed by atoms with Crippen molar-refractivity contribution in [2.75, 3.05) is 5.32 Å².